The van der Waals surface area contributed by atoms with E-state index < -0.39 is 24.0 Å². The van der Waals surface area contributed by atoms with Gasteiger partial charge in [0.15, 0.2) is 5.78 Å². The number of anilines is 1. The predicted molar refractivity (Wildman–Crippen MR) is 146 cm³/mol. The fourth-order valence-electron chi connectivity index (χ4n) is 8.67. The molecule has 4 bridgehead atoms. The zero-order valence-corrected chi connectivity index (χ0v) is 22.4. The van der Waals surface area contributed by atoms with E-state index in [1.165, 1.54) is 31.1 Å². The summed E-state index contributed by atoms with van der Waals surface area (Å²) in [4.78, 5) is 57.1. The monoisotopic (exact) mass is 528 g/mol. The summed E-state index contributed by atoms with van der Waals surface area (Å²) >= 11 is 0. The molecule has 7 nitrogen and oxygen atoms in total. The Bertz CT molecular complexity index is 1270. The summed E-state index contributed by atoms with van der Waals surface area (Å²) in [6, 6.07) is 14.2. The number of carbonyl (C=O) groups is 4. The molecular weight excluding hydrogens is 492 g/mol. The molecule has 4 fully saturated rings. The average Bonchev–Trinajstić information content (AvgIpc) is 2.92. The van der Waals surface area contributed by atoms with Crippen LogP contribution in [0.2, 0.25) is 0 Å². The average molecular weight is 529 g/mol. The van der Waals surface area contributed by atoms with E-state index in [0.717, 1.165) is 24.8 Å². The van der Waals surface area contributed by atoms with Crippen LogP contribution in [0.1, 0.15) is 74.2 Å². The van der Waals surface area contributed by atoms with Gasteiger partial charge >= 0.3 is 5.97 Å². The highest BCUT2D eigenvalue weighted by Gasteiger charge is 2.54. The molecule has 0 saturated heterocycles. The summed E-state index contributed by atoms with van der Waals surface area (Å²) in [6.07, 6.45) is 6.90. The maximum Gasteiger partial charge on any atom is 0.326 e. The Balaban J connectivity index is 1.48. The number of hydrogen-bond acceptors (Lipinski definition) is 4. The van der Waals surface area contributed by atoms with Crippen LogP contribution in [-0.2, 0) is 20.9 Å². The molecule has 1 N–H and O–H groups in total. The topological polar surface area (TPSA) is 95.0 Å². The van der Waals surface area contributed by atoms with E-state index in [0.29, 0.717) is 35.4 Å². The van der Waals surface area contributed by atoms with Gasteiger partial charge in [-0.2, -0.15) is 0 Å². The molecule has 1 aliphatic heterocycles. The Labute approximate surface area is 229 Å². The molecule has 0 unspecified atom stereocenters. The van der Waals surface area contributed by atoms with Crippen LogP contribution in [0.3, 0.4) is 0 Å². The smallest absolute Gasteiger partial charge is 0.326 e. The third-order valence-corrected chi connectivity index (χ3v) is 9.72. The van der Waals surface area contributed by atoms with Crippen molar-refractivity contribution in [2.45, 2.75) is 76.9 Å². The Morgan fingerprint density at radius 3 is 2.08 bits per heavy atom. The molecule has 7 heteroatoms. The quantitative estimate of drug-likeness (QED) is 0.584. The summed E-state index contributed by atoms with van der Waals surface area (Å²) in [7, 11) is 0. The van der Waals surface area contributed by atoms with Crippen LogP contribution in [0.4, 0.5) is 5.69 Å². The lowest BCUT2D eigenvalue weighted by Crippen LogP contribution is -2.59. The number of carboxylic acid groups (broad SMARTS) is 1. The van der Waals surface area contributed by atoms with Gasteiger partial charge in [-0.3, -0.25) is 14.4 Å². The molecule has 4 aliphatic carbocycles. The van der Waals surface area contributed by atoms with Crippen LogP contribution in [0.25, 0.3) is 0 Å². The summed E-state index contributed by atoms with van der Waals surface area (Å²) in [5, 5.41) is 10.3. The SMILES string of the molecule is CC(=O)N1[C@H](C(=O)O)CC(=O)c2ccccc2N(Cc2ccccc2)C(=O)[C@@H]1CC12CC3CC(CC(C3)C1)C2. The van der Waals surface area contributed by atoms with Crippen molar-refractivity contribution in [3.05, 3.63) is 65.7 Å². The third-order valence-electron chi connectivity index (χ3n) is 9.72. The number of amides is 2. The molecule has 5 aliphatic rings. The minimum atomic E-state index is -1.40. The lowest BCUT2D eigenvalue weighted by molar-refractivity contribution is -0.156. The van der Waals surface area contributed by atoms with Crippen molar-refractivity contribution in [2.75, 3.05) is 4.90 Å². The van der Waals surface area contributed by atoms with Gasteiger partial charge in [0.1, 0.15) is 12.1 Å². The van der Waals surface area contributed by atoms with E-state index in [-0.39, 0.29) is 30.1 Å². The van der Waals surface area contributed by atoms with E-state index in [4.69, 9.17) is 0 Å². The number of para-hydroxylation sites is 1. The fraction of sp³-hybridized carbons (Fsp3) is 0.500. The number of rotatable bonds is 5. The van der Waals surface area contributed by atoms with Crippen LogP contribution in [0.5, 0.6) is 0 Å². The number of nitrogens with zero attached hydrogens (tertiary/aromatic N) is 2. The Morgan fingerprint density at radius 2 is 1.49 bits per heavy atom. The van der Waals surface area contributed by atoms with Gasteiger partial charge in [0.25, 0.3) is 0 Å². The minimum absolute atomic E-state index is 0.0815. The molecule has 2 atom stereocenters. The lowest BCUT2D eigenvalue weighted by atomic mass is 9.48. The van der Waals surface area contributed by atoms with Crippen LogP contribution < -0.4 is 4.90 Å². The van der Waals surface area contributed by atoms with Gasteiger partial charge in [-0.1, -0.05) is 42.5 Å². The first-order chi connectivity index (χ1) is 18.7. The van der Waals surface area contributed by atoms with E-state index in [1.54, 1.807) is 29.2 Å². The van der Waals surface area contributed by atoms with Gasteiger partial charge in [0.2, 0.25) is 11.8 Å². The number of fused-ring (bicyclic) bond motifs is 1. The standard InChI is InChI=1S/C32H36N2O5/c1-20(35)34-27(31(38)39)14-29(36)25-9-5-6-10-26(25)33(19-21-7-3-2-4-8-21)30(37)28(34)18-32-15-22-11-23(16-32)13-24(12-22)17-32/h2-10,22-24,27-28H,11-19H2,1H3,(H,38,39)/t22?,23?,24?,27-,28-,32?/m0/s1. The van der Waals surface area contributed by atoms with Gasteiger partial charge in [0.05, 0.1) is 12.2 Å². The number of Topliss-reactive ketones (excluding diaryl/α,β-unsaturated/α-hetero) is 1. The summed E-state index contributed by atoms with van der Waals surface area (Å²) in [5.41, 5.74) is 1.60. The third kappa shape index (κ3) is 4.77. The number of hydrogen-bond donors (Lipinski definition) is 1. The van der Waals surface area contributed by atoms with Gasteiger partial charge in [-0.15, -0.1) is 0 Å². The number of ketones is 1. The Morgan fingerprint density at radius 1 is 0.897 bits per heavy atom. The normalized spacial score (nSPS) is 31.9. The molecule has 2 aromatic rings. The van der Waals surface area contributed by atoms with Crippen molar-refractivity contribution in [3.63, 3.8) is 0 Å². The molecule has 4 saturated carbocycles. The van der Waals surface area contributed by atoms with E-state index in [9.17, 15) is 24.3 Å². The van der Waals surface area contributed by atoms with E-state index in [1.807, 2.05) is 30.3 Å². The number of aliphatic carboxylic acids is 1. The summed E-state index contributed by atoms with van der Waals surface area (Å²) in [6.45, 7) is 1.55. The second-order valence-corrected chi connectivity index (χ2v) is 12.5. The van der Waals surface area contributed by atoms with Crippen LogP contribution in [0.15, 0.2) is 54.6 Å². The lowest BCUT2D eigenvalue weighted by Gasteiger charge is -2.58. The second kappa shape index (κ2) is 9.92. The molecule has 0 radical (unpaired) electrons. The van der Waals surface area contributed by atoms with Crippen molar-refractivity contribution < 1.29 is 24.3 Å². The zero-order valence-electron chi connectivity index (χ0n) is 22.4. The van der Waals surface area contributed by atoms with Crippen LogP contribution >= 0.6 is 0 Å². The van der Waals surface area contributed by atoms with Gasteiger partial charge in [0, 0.05) is 18.9 Å². The first-order valence-corrected chi connectivity index (χ1v) is 14.2. The molecule has 39 heavy (non-hydrogen) atoms. The maximum absolute atomic E-state index is 14.8. The molecule has 2 aromatic carbocycles. The molecule has 1 heterocycles. The largest absolute Gasteiger partial charge is 0.480 e. The molecular formula is C32H36N2O5. The van der Waals surface area contributed by atoms with Crippen molar-refractivity contribution >= 4 is 29.3 Å². The van der Waals surface area contributed by atoms with E-state index >= 15 is 0 Å². The molecule has 0 aromatic heterocycles. The van der Waals surface area contributed by atoms with Crippen LogP contribution in [-0.4, -0.2) is 45.7 Å². The molecule has 204 valence electrons. The number of carbonyl (C=O) groups excluding carboxylic acids is 3. The highest BCUT2D eigenvalue weighted by molar-refractivity contribution is 6.10. The number of carboxylic acids is 1. The zero-order chi connectivity index (χ0) is 27.3. The van der Waals surface area contributed by atoms with Crippen molar-refractivity contribution in [1.29, 1.82) is 0 Å². The van der Waals surface area contributed by atoms with Gasteiger partial charge in [-0.05, 0) is 85.8 Å². The predicted octanol–water partition coefficient (Wildman–Crippen LogP) is 5.08. The molecule has 0 spiro atoms. The van der Waals surface area contributed by atoms with Crippen molar-refractivity contribution in [1.82, 2.24) is 4.90 Å². The Hall–Kier alpha value is -3.48. The Kier molecular flexibility index (Phi) is 6.56. The minimum Gasteiger partial charge on any atom is -0.480 e. The number of benzene rings is 2. The van der Waals surface area contributed by atoms with Crippen molar-refractivity contribution in [2.24, 2.45) is 23.2 Å². The van der Waals surface area contributed by atoms with Crippen LogP contribution in [0, 0.1) is 23.2 Å². The van der Waals surface area contributed by atoms with Gasteiger partial charge < -0.3 is 14.9 Å². The molecule has 7 rings (SSSR count). The maximum atomic E-state index is 14.8. The first-order valence-electron chi connectivity index (χ1n) is 14.2. The summed E-state index contributed by atoms with van der Waals surface area (Å²) in [5.74, 6) is -0.493. The highest BCUT2D eigenvalue weighted by Crippen LogP contribution is 2.62. The second-order valence-electron chi connectivity index (χ2n) is 12.5. The fourth-order valence-corrected chi connectivity index (χ4v) is 8.67. The highest BCUT2D eigenvalue weighted by atomic mass is 16.4. The first kappa shape index (κ1) is 25.8. The van der Waals surface area contributed by atoms with E-state index in [2.05, 4.69) is 0 Å². The summed E-state index contributed by atoms with van der Waals surface area (Å²) < 4.78 is 0. The van der Waals surface area contributed by atoms with Gasteiger partial charge in [-0.25, -0.2) is 4.79 Å². The van der Waals surface area contributed by atoms with Crippen molar-refractivity contribution in [3.8, 4) is 0 Å². The molecule has 2 amide bonds.